The number of hydrogen-bond acceptors (Lipinski definition) is 5. The first-order valence-corrected chi connectivity index (χ1v) is 12.8. The number of fused-ring (bicyclic) bond motifs is 3. The van der Waals surface area contributed by atoms with Crippen molar-refractivity contribution in [3.8, 4) is 0 Å². The Morgan fingerprint density at radius 1 is 1.31 bits per heavy atom. The van der Waals surface area contributed by atoms with Gasteiger partial charge in [-0.1, -0.05) is 6.92 Å². The zero-order valence-corrected chi connectivity index (χ0v) is 19.0. The lowest BCUT2D eigenvalue weighted by Crippen LogP contribution is -2.41. The first kappa shape index (κ1) is 21.0. The minimum absolute atomic E-state index is 0.000606. The summed E-state index contributed by atoms with van der Waals surface area (Å²) in [6, 6.07) is 5.36. The zero-order valence-electron chi connectivity index (χ0n) is 18.2. The number of aryl methyl sites for hydroxylation is 1. The maximum atomic E-state index is 12.3. The van der Waals surface area contributed by atoms with Gasteiger partial charge in [0.05, 0.1) is 40.8 Å². The Kier molecular flexibility index (Phi) is 4.99. The molecule has 1 aromatic carbocycles. The number of hydrogen-bond donors (Lipinski definition) is 1. The molecule has 3 atom stereocenters. The van der Waals surface area contributed by atoms with Crippen LogP contribution in [0, 0.1) is 0 Å². The molecule has 5 rings (SSSR count). The third-order valence-electron chi connectivity index (χ3n) is 6.72. The SMILES string of the molecule is C[C@@H](Cn1cccn1)c1nc2c3c(ccc2n1[C@H]1CCS(=O)(=O)C1)N(C(=O)O)[C@@H](C)CC3. The summed E-state index contributed by atoms with van der Waals surface area (Å²) in [5, 5.41) is 14.1. The van der Waals surface area contributed by atoms with Crippen molar-refractivity contribution in [2.75, 3.05) is 16.4 Å². The molecule has 1 saturated heterocycles. The van der Waals surface area contributed by atoms with Crippen LogP contribution in [0.15, 0.2) is 30.6 Å². The summed E-state index contributed by atoms with van der Waals surface area (Å²) in [5.74, 6) is 1.11. The fourth-order valence-electron chi connectivity index (χ4n) is 5.19. The fraction of sp³-hybridized carbons (Fsp3) is 0.500. The summed E-state index contributed by atoms with van der Waals surface area (Å²) >= 11 is 0. The normalized spacial score (nSPS) is 23.4. The van der Waals surface area contributed by atoms with E-state index < -0.39 is 15.9 Å². The van der Waals surface area contributed by atoms with E-state index in [9.17, 15) is 18.3 Å². The predicted octanol–water partition coefficient (Wildman–Crippen LogP) is 3.22. The van der Waals surface area contributed by atoms with Gasteiger partial charge in [-0.25, -0.2) is 18.2 Å². The second kappa shape index (κ2) is 7.61. The highest BCUT2D eigenvalue weighted by Gasteiger charge is 2.35. The number of imidazole rings is 1. The summed E-state index contributed by atoms with van der Waals surface area (Å²) < 4.78 is 28.5. The largest absolute Gasteiger partial charge is 0.465 e. The molecule has 0 bridgehead atoms. The minimum atomic E-state index is -3.08. The zero-order chi connectivity index (χ0) is 22.6. The molecule has 0 unspecified atom stereocenters. The third kappa shape index (κ3) is 3.46. The van der Waals surface area contributed by atoms with E-state index in [0.29, 0.717) is 18.7 Å². The van der Waals surface area contributed by atoms with Gasteiger partial charge in [-0.2, -0.15) is 5.10 Å². The molecule has 0 radical (unpaired) electrons. The van der Waals surface area contributed by atoms with Gasteiger partial charge in [0.1, 0.15) is 5.82 Å². The van der Waals surface area contributed by atoms with Crippen LogP contribution < -0.4 is 4.90 Å². The number of carbonyl (C=O) groups is 1. The van der Waals surface area contributed by atoms with E-state index in [-0.39, 0.29) is 29.5 Å². The maximum Gasteiger partial charge on any atom is 0.412 e. The summed E-state index contributed by atoms with van der Waals surface area (Å²) in [6.45, 7) is 4.61. The standard InChI is InChI=1S/C22H27N5O4S/c1-14(12-25-10-3-9-23-25)21-24-20-17-5-4-15(2)26(22(28)29)18(17)6-7-19(20)27(21)16-8-11-32(30,31)13-16/h3,6-7,9-10,14-16H,4-5,8,11-13H2,1-2H3,(H,28,29)/t14-,15-,16-/m0/s1. The molecule has 0 saturated carbocycles. The van der Waals surface area contributed by atoms with Gasteiger partial charge < -0.3 is 9.67 Å². The molecule has 32 heavy (non-hydrogen) atoms. The first-order chi connectivity index (χ1) is 15.2. The highest BCUT2D eigenvalue weighted by Crippen LogP contribution is 2.39. The van der Waals surface area contributed by atoms with E-state index in [2.05, 4.69) is 16.6 Å². The molecule has 170 valence electrons. The van der Waals surface area contributed by atoms with Crippen LogP contribution >= 0.6 is 0 Å². The second-order valence-electron chi connectivity index (χ2n) is 9.00. The van der Waals surface area contributed by atoms with Crippen LogP contribution in [0.5, 0.6) is 0 Å². The van der Waals surface area contributed by atoms with Gasteiger partial charge in [0.25, 0.3) is 0 Å². The number of carboxylic acid groups (broad SMARTS) is 1. The molecule has 3 aromatic rings. The van der Waals surface area contributed by atoms with Gasteiger partial charge in [0, 0.05) is 29.9 Å². The number of anilines is 1. The van der Waals surface area contributed by atoms with Crippen LogP contribution in [0.1, 0.15) is 50.0 Å². The molecule has 0 aliphatic carbocycles. The Hall–Kier alpha value is -2.88. The molecular weight excluding hydrogens is 430 g/mol. The Labute approximate surface area is 186 Å². The minimum Gasteiger partial charge on any atom is -0.465 e. The van der Waals surface area contributed by atoms with Gasteiger partial charge >= 0.3 is 6.09 Å². The van der Waals surface area contributed by atoms with Crippen molar-refractivity contribution in [2.45, 2.75) is 57.7 Å². The van der Waals surface area contributed by atoms with Crippen LogP contribution in [0.3, 0.4) is 0 Å². The molecule has 0 spiro atoms. The fourth-order valence-corrected chi connectivity index (χ4v) is 6.89. The molecule has 1 fully saturated rings. The van der Waals surface area contributed by atoms with Crippen LogP contribution in [-0.4, -0.2) is 56.5 Å². The Bertz CT molecular complexity index is 1280. The molecule has 9 nitrogen and oxygen atoms in total. The lowest BCUT2D eigenvalue weighted by atomic mass is 9.95. The molecule has 2 aliphatic rings. The average molecular weight is 458 g/mol. The molecule has 2 aromatic heterocycles. The topological polar surface area (TPSA) is 110 Å². The van der Waals surface area contributed by atoms with Crippen molar-refractivity contribution in [3.63, 3.8) is 0 Å². The van der Waals surface area contributed by atoms with Crippen molar-refractivity contribution >= 4 is 32.7 Å². The number of rotatable bonds is 4. The number of sulfone groups is 1. The molecule has 1 amide bonds. The third-order valence-corrected chi connectivity index (χ3v) is 8.47. The van der Waals surface area contributed by atoms with Crippen molar-refractivity contribution in [3.05, 3.63) is 42.0 Å². The summed E-state index contributed by atoms with van der Waals surface area (Å²) in [6.07, 6.45) is 4.69. The summed E-state index contributed by atoms with van der Waals surface area (Å²) in [4.78, 5) is 18.4. The molecular formula is C22H27N5O4S. The number of nitrogens with zero attached hydrogens (tertiary/aromatic N) is 5. The van der Waals surface area contributed by atoms with E-state index in [1.807, 2.05) is 36.0 Å². The van der Waals surface area contributed by atoms with Crippen molar-refractivity contribution in [1.29, 1.82) is 0 Å². The average Bonchev–Trinajstić information content (AvgIpc) is 3.45. The smallest absolute Gasteiger partial charge is 0.412 e. The molecule has 2 aliphatic heterocycles. The van der Waals surface area contributed by atoms with E-state index in [0.717, 1.165) is 35.3 Å². The van der Waals surface area contributed by atoms with Crippen LogP contribution in [-0.2, 0) is 22.8 Å². The van der Waals surface area contributed by atoms with Crippen molar-refractivity contribution in [1.82, 2.24) is 19.3 Å². The Morgan fingerprint density at radius 2 is 2.12 bits per heavy atom. The Morgan fingerprint density at radius 3 is 2.78 bits per heavy atom. The van der Waals surface area contributed by atoms with E-state index in [1.54, 1.807) is 6.20 Å². The molecule has 10 heteroatoms. The predicted molar refractivity (Wildman–Crippen MR) is 121 cm³/mol. The lowest BCUT2D eigenvalue weighted by Gasteiger charge is -2.33. The van der Waals surface area contributed by atoms with Gasteiger partial charge in [-0.15, -0.1) is 0 Å². The number of benzene rings is 1. The second-order valence-corrected chi connectivity index (χ2v) is 11.2. The van der Waals surface area contributed by atoms with Crippen LogP contribution in [0.25, 0.3) is 11.0 Å². The van der Waals surface area contributed by atoms with E-state index >= 15 is 0 Å². The number of aromatic nitrogens is 4. The van der Waals surface area contributed by atoms with Gasteiger partial charge in [-0.3, -0.25) is 9.58 Å². The highest BCUT2D eigenvalue weighted by molar-refractivity contribution is 7.91. The highest BCUT2D eigenvalue weighted by atomic mass is 32.2. The lowest BCUT2D eigenvalue weighted by molar-refractivity contribution is 0.198. The van der Waals surface area contributed by atoms with E-state index in [4.69, 9.17) is 4.98 Å². The molecule has 1 N–H and O–H groups in total. The molecule has 4 heterocycles. The monoisotopic (exact) mass is 457 g/mol. The van der Waals surface area contributed by atoms with Crippen LogP contribution in [0.4, 0.5) is 10.5 Å². The van der Waals surface area contributed by atoms with Crippen molar-refractivity contribution < 1.29 is 18.3 Å². The van der Waals surface area contributed by atoms with Gasteiger partial charge in [0.15, 0.2) is 9.84 Å². The summed E-state index contributed by atoms with van der Waals surface area (Å²) in [5.41, 5.74) is 3.27. The summed E-state index contributed by atoms with van der Waals surface area (Å²) in [7, 11) is -3.08. The quantitative estimate of drug-likeness (QED) is 0.644. The first-order valence-electron chi connectivity index (χ1n) is 11.0. The Balaban J connectivity index is 1.67. The van der Waals surface area contributed by atoms with Gasteiger partial charge in [-0.05, 0) is 44.4 Å². The van der Waals surface area contributed by atoms with E-state index in [1.165, 1.54) is 4.90 Å². The van der Waals surface area contributed by atoms with Crippen LogP contribution in [0.2, 0.25) is 0 Å². The van der Waals surface area contributed by atoms with Gasteiger partial charge in [0.2, 0.25) is 0 Å². The maximum absolute atomic E-state index is 12.3. The number of amides is 1. The van der Waals surface area contributed by atoms with Crippen molar-refractivity contribution in [2.24, 2.45) is 0 Å².